The lowest BCUT2D eigenvalue weighted by molar-refractivity contribution is 0.241. The molecule has 23 heavy (non-hydrogen) atoms. The third-order valence-electron chi connectivity index (χ3n) is 4.35. The van der Waals surface area contributed by atoms with Gasteiger partial charge in [0.15, 0.2) is 0 Å². The van der Waals surface area contributed by atoms with Crippen molar-refractivity contribution in [2.45, 2.75) is 25.4 Å². The number of H-pyrrole nitrogens is 1. The molecule has 1 fully saturated rings. The van der Waals surface area contributed by atoms with E-state index in [4.69, 9.17) is 0 Å². The lowest BCUT2D eigenvalue weighted by Crippen LogP contribution is -2.23. The molecule has 1 N–H and O–H groups in total. The summed E-state index contributed by atoms with van der Waals surface area (Å²) < 4.78 is 15.5. The van der Waals surface area contributed by atoms with Crippen molar-refractivity contribution in [3.8, 4) is 5.69 Å². The molecule has 6 heteroatoms. The average Bonchev–Trinajstić information content (AvgIpc) is 3.29. The fourth-order valence-electron chi connectivity index (χ4n) is 3.25. The van der Waals surface area contributed by atoms with Crippen molar-refractivity contribution in [1.29, 1.82) is 0 Å². The maximum absolute atomic E-state index is 13.9. The Kier molecular flexibility index (Phi) is 3.67. The first-order valence-electron chi connectivity index (χ1n) is 7.84. The Morgan fingerprint density at radius 3 is 2.96 bits per heavy atom. The zero-order valence-corrected chi connectivity index (χ0v) is 12.7. The Labute approximate surface area is 133 Å². The summed E-state index contributed by atoms with van der Waals surface area (Å²) >= 11 is 0. The number of hydrogen-bond acceptors (Lipinski definition) is 3. The van der Waals surface area contributed by atoms with E-state index in [1.807, 2.05) is 24.4 Å². The third kappa shape index (κ3) is 2.77. The Hall–Kier alpha value is -2.47. The number of para-hydroxylation sites is 1. The molecule has 3 aromatic rings. The minimum absolute atomic E-state index is 0.265. The summed E-state index contributed by atoms with van der Waals surface area (Å²) in [5.41, 5.74) is 2.57. The van der Waals surface area contributed by atoms with E-state index in [1.165, 1.54) is 6.07 Å². The summed E-state index contributed by atoms with van der Waals surface area (Å²) in [7, 11) is 0. The molecule has 5 nitrogen and oxygen atoms in total. The van der Waals surface area contributed by atoms with Gasteiger partial charge in [-0.2, -0.15) is 10.2 Å². The van der Waals surface area contributed by atoms with Crippen LogP contribution in [0.4, 0.5) is 4.39 Å². The molecule has 0 unspecified atom stereocenters. The summed E-state index contributed by atoms with van der Waals surface area (Å²) in [5, 5.41) is 11.6. The highest BCUT2D eigenvalue weighted by Crippen LogP contribution is 2.31. The van der Waals surface area contributed by atoms with Crippen LogP contribution in [0.15, 0.2) is 48.8 Å². The van der Waals surface area contributed by atoms with Gasteiger partial charge in [-0.1, -0.05) is 12.1 Å². The quantitative estimate of drug-likeness (QED) is 0.805. The zero-order chi connectivity index (χ0) is 15.6. The summed E-state index contributed by atoms with van der Waals surface area (Å²) in [6.45, 7) is 1.79. The fraction of sp³-hybridized carbons (Fsp3) is 0.294. The van der Waals surface area contributed by atoms with Crippen LogP contribution in [0.3, 0.4) is 0 Å². The van der Waals surface area contributed by atoms with E-state index in [0.29, 0.717) is 11.7 Å². The number of hydrogen-bond donors (Lipinski definition) is 1. The molecule has 0 radical (unpaired) electrons. The first-order valence-corrected chi connectivity index (χ1v) is 7.84. The van der Waals surface area contributed by atoms with Gasteiger partial charge in [-0.25, -0.2) is 9.07 Å². The molecule has 118 valence electrons. The van der Waals surface area contributed by atoms with Crippen LogP contribution in [0.5, 0.6) is 0 Å². The van der Waals surface area contributed by atoms with Gasteiger partial charge in [0.2, 0.25) is 0 Å². The summed E-state index contributed by atoms with van der Waals surface area (Å²) in [6.07, 6.45) is 5.89. The fourth-order valence-corrected chi connectivity index (χ4v) is 3.25. The van der Waals surface area contributed by atoms with Crippen molar-refractivity contribution < 1.29 is 4.39 Å². The topological polar surface area (TPSA) is 49.7 Å². The molecule has 4 rings (SSSR count). The van der Waals surface area contributed by atoms with E-state index < -0.39 is 0 Å². The number of rotatable bonds is 4. The number of aromatic amines is 1. The first kappa shape index (κ1) is 14.1. The molecule has 0 bridgehead atoms. The minimum atomic E-state index is -0.265. The summed E-state index contributed by atoms with van der Waals surface area (Å²) in [6, 6.07) is 11.0. The predicted molar refractivity (Wildman–Crippen MR) is 84.5 cm³/mol. The monoisotopic (exact) mass is 311 g/mol. The summed E-state index contributed by atoms with van der Waals surface area (Å²) in [4.78, 5) is 2.39. The lowest BCUT2D eigenvalue weighted by atomic mass is 10.1. The molecule has 3 heterocycles. The van der Waals surface area contributed by atoms with Gasteiger partial charge in [-0.05, 0) is 43.7 Å². The highest BCUT2D eigenvalue weighted by molar-refractivity contribution is 5.32. The average molecular weight is 311 g/mol. The van der Waals surface area contributed by atoms with Gasteiger partial charge in [0.25, 0.3) is 0 Å². The summed E-state index contributed by atoms with van der Waals surface area (Å²) in [5.74, 6) is -0.265. The second-order valence-corrected chi connectivity index (χ2v) is 5.84. The van der Waals surface area contributed by atoms with Crippen molar-refractivity contribution in [3.05, 3.63) is 66.0 Å². The zero-order valence-electron chi connectivity index (χ0n) is 12.7. The van der Waals surface area contributed by atoms with E-state index >= 15 is 0 Å². The van der Waals surface area contributed by atoms with Crippen molar-refractivity contribution in [2.24, 2.45) is 0 Å². The van der Waals surface area contributed by atoms with Crippen LogP contribution in [-0.2, 0) is 6.54 Å². The van der Waals surface area contributed by atoms with Crippen LogP contribution in [0.25, 0.3) is 5.69 Å². The number of nitrogens with one attached hydrogen (secondary N) is 1. The van der Waals surface area contributed by atoms with E-state index in [-0.39, 0.29) is 5.82 Å². The van der Waals surface area contributed by atoms with Crippen molar-refractivity contribution in [1.82, 2.24) is 24.9 Å². The number of aromatic nitrogens is 4. The van der Waals surface area contributed by atoms with E-state index in [9.17, 15) is 4.39 Å². The molecule has 0 amide bonds. The molecule has 0 saturated carbocycles. The maximum atomic E-state index is 13.9. The number of halogens is 1. The Balaban J connectivity index is 1.53. The van der Waals surface area contributed by atoms with Gasteiger partial charge < -0.3 is 0 Å². The van der Waals surface area contributed by atoms with E-state index in [0.717, 1.165) is 37.3 Å². The van der Waals surface area contributed by atoms with Crippen LogP contribution >= 0.6 is 0 Å². The molecule has 2 aromatic heterocycles. The van der Waals surface area contributed by atoms with Crippen LogP contribution in [-0.4, -0.2) is 31.4 Å². The van der Waals surface area contributed by atoms with Crippen LogP contribution in [0.1, 0.15) is 30.3 Å². The number of likely N-dealkylation sites (tertiary alicyclic amines) is 1. The van der Waals surface area contributed by atoms with Crippen molar-refractivity contribution in [2.75, 3.05) is 6.54 Å². The maximum Gasteiger partial charge on any atom is 0.148 e. The van der Waals surface area contributed by atoms with Gasteiger partial charge in [0, 0.05) is 18.9 Å². The Morgan fingerprint density at radius 2 is 2.13 bits per heavy atom. The van der Waals surface area contributed by atoms with Crippen LogP contribution < -0.4 is 0 Å². The Bertz CT molecular complexity index is 780. The highest BCUT2D eigenvalue weighted by Gasteiger charge is 2.27. The molecule has 0 aliphatic carbocycles. The van der Waals surface area contributed by atoms with Gasteiger partial charge in [0.05, 0.1) is 17.4 Å². The molecule has 0 spiro atoms. The second-order valence-electron chi connectivity index (χ2n) is 5.84. The molecule has 1 aliphatic rings. The highest BCUT2D eigenvalue weighted by atomic mass is 19.1. The smallest absolute Gasteiger partial charge is 0.148 e. The van der Waals surface area contributed by atoms with Gasteiger partial charge in [-0.15, -0.1) is 0 Å². The molecule has 1 atom stereocenters. The minimum Gasteiger partial charge on any atom is -0.289 e. The Morgan fingerprint density at radius 1 is 1.22 bits per heavy atom. The molecule has 1 aliphatic heterocycles. The molecular formula is C17H18FN5. The van der Waals surface area contributed by atoms with Gasteiger partial charge in [-0.3, -0.25) is 10.00 Å². The standard InChI is InChI=1S/C17H18FN5/c18-14-4-1-2-5-16(14)23-11-8-13(21-23)12-22-10-3-6-17(22)15-7-9-19-20-15/h1-2,4-5,7-9,11,17H,3,6,10,12H2,(H,19,20)/t17-/m1/s1. The van der Waals surface area contributed by atoms with Crippen LogP contribution in [0, 0.1) is 5.82 Å². The van der Waals surface area contributed by atoms with E-state index in [2.05, 4.69) is 20.2 Å². The third-order valence-corrected chi connectivity index (χ3v) is 4.35. The molecular weight excluding hydrogens is 293 g/mol. The molecule has 1 aromatic carbocycles. The lowest BCUT2D eigenvalue weighted by Gasteiger charge is -2.22. The van der Waals surface area contributed by atoms with Gasteiger partial charge in [0.1, 0.15) is 11.5 Å². The van der Waals surface area contributed by atoms with Crippen molar-refractivity contribution >= 4 is 0 Å². The van der Waals surface area contributed by atoms with Gasteiger partial charge >= 0.3 is 0 Å². The SMILES string of the molecule is Fc1ccccc1-n1ccc(CN2CCC[C@@H]2c2ccn[nH]2)n1. The first-order chi connectivity index (χ1) is 11.3. The second kappa shape index (κ2) is 5.96. The van der Waals surface area contributed by atoms with Crippen molar-refractivity contribution in [3.63, 3.8) is 0 Å². The largest absolute Gasteiger partial charge is 0.289 e. The number of benzene rings is 1. The van der Waals surface area contributed by atoms with Crippen LogP contribution in [0.2, 0.25) is 0 Å². The molecule has 1 saturated heterocycles. The normalized spacial score (nSPS) is 18.6. The van der Waals surface area contributed by atoms with E-state index in [1.54, 1.807) is 23.0 Å². The predicted octanol–water partition coefficient (Wildman–Crippen LogP) is 3.07. The number of nitrogens with zero attached hydrogens (tertiary/aromatic N) is 4.